The summed E-state index contributed by atoms with van der Waals surface area (Å²) in [6.07, 6.45) is -1.79. The molecule has 12 nitrogen and oxygen atoms in total. The summed E-state index contributed by atoms with van der Waals surface area (Å²) < 4.78 is 50.9. The number of aromatic nitrogens is 2. The highest BCUT2D eigenvalue weighted by Crippen LogP contribution is 2.35. The van der Waals surface area contributed by atoms with Crippen molar-refractivity contribution in [2.24, 2.45) is 4.99 Å². The lowest BCUT2D eigenvalue weighted by Gasteiger charge is -2.20. The molecule has 0 spiro atoms. The molecule has 0 unspecified atom stereocenters. The average Bonchev–Trinajstić information content (AvgIpc) is 2.36. The highest BCUT2D eigenvalue weighted by molar-refractivity contribution is 7.25. The van der Waals surface area contributed by atoms with Crippen molar-refractivity contribution in [3.8, 4) is 5.88 Å². The number of nitrogens with one attached hydrogen (secondary N) is 1. The van der Waals surface area contributed by atoms with E-state index in [1.54, 1.807) is 0 Å². The first-order chi connectivity index (χ1) is 9.86. The Hall–Kier alpha value is -2.13. The maximum atomic E-state index is 10.6. The molecule has 0 bridgehead atoms. The van der Waals surface area contributed by atoms with Crippen LogP contribution in [-0.2, 0) is 27.3 Å². The molecule has 0 amide bonds. The predicted molar refractivity (Wildman–Crippen MR) is 66.2 cm³/mol. The molecule has 0 radical (unpaired) electrons. The number of hydrogen-bond donors (Lipinski definition) is 3. The summed E-state index contributed by atoms with van der Waals surface area (Å²) in [5, 5.41) is 12.2. The number of rotatable bonds is 5. The fourth-order valence-corrected chi connectivity index (χ4v) is 2.19. The first-order valence-electron chi connectivity index (χ1n) is 5.17. The van der Waals surface area contributed by atoms with E-state index in [-0.39, 0.29) is 29.7 Å². The van der Waals surface area contributed by atoms with E-state index in [4.69, 9.17) is 5.73 Å². The number of anilines is 2. The Labute approximate surface area is 117 Å². The van der Waals surface area contributed by atoms with Crippen LogP contribution in [0.5, 0.6) is 5.88 Å². The molecule has 14 heteroatoms. The van der Waals surface area contributed by atoms with Gasteiger partial charge in [0.15, 0.2) is 11.5 Å². The van der Waals surface area contributed by atoms with Crippen LogP contribution in [0.2, 0.25) is 0 Å². The van der Waals surface area contributed by atoms with Crippen molar-refractivity contribution in [1.82, 2.24) is 9.97 Å². The van der Waals surface area contributed by atoms with Crippen molar-refractivity contribution in [3.05, 3.63) is 0 Å². The van der Waals surface area contributed by atoms with Gasteiger partial charge in [-0.3, -0.25) is 0 Å². The lowest BCUT2D eigenvalue weighted by Crippen LogP contribution is -2.31. The molecule has 1 aromatic rings. The fourth-order valence-electron chi connectivity index (χ4n) is 1.48. The van der Waals surface area contributed by atoms with Gasteiger partial charge in [-0.05, 0) is 0 Å². The van der Waals surface area contributed by atoms with Crippen LogP contribution < -0.4 is 11.1 Å². The largest absolute Gasteiger partial charge is 0.492 e. The van der Waals surface area contributed by atoms with Crippen LogP contribution in [0.3, 0.4) is 0 Å². The summed E-state index contributed by atoms with van der Waals surface area (Å²) in [7, 11) is -6.78. The molecule has 0 atom stereocenters. The Kier molecular flexibility index (Phi) is 4.43. The van der Waals surface area contributed by atoms with E-state index in [2.05, 4.69) is 29.3 Å². The first kappa shape index (κ1) is 15.3. The molecule has 0 saturated heterocycles. The first-order valence-corrected chi connectivity index (χ1v) is 7.36. The monoisotopic (exact) mass is 335 g/mol. The van der Waals surface area contributed by atoms with Crippen molar-refractivity contribution < 1.29 is 32.4 Å². The van der Waals surface area contributed by atoms with Crippen LogP contribution >= 0.6 is 15.8 Å². The quantitative estimate of drug-likeness (QED) is 0.510. The Morgan fingerprint density at radius 1 is 1.19 bits per heavy atom. The lowest BCUT2D eigenvalue weighted by molar-refractivity contribution is 0.0712. The number of nitrogens with zero attached hydrogens (tertiary/aromatic N) is 3. The number of nitrogen functional groups attached to an aromatic ring is 1. The van der Waals surface area contributed by atoms with Crippen LogP contribution in [0.1, 0.15) is 0 Å². The van der Waals surface area contributed by atoms with Gasteiger partial charge in [-0.1, -0.05) is 0 Å². The molecular formula is C7H7N5O7P2. The van der Waals surface area contributed by atoms with E-state index in [0.717, 1.165) is 0 Å². The van der Waals surface area contributed by atoms with Gasteiger partial charge >= 0.3 is 15.8 Å². The fraction of sp³-hybridized carbons (Fsp3) is 0.286. The molecule has 0 aromatic carbocycles. The van der Waals surface area contributed by atoms with Crippen LogP contribution in [0.4, 0.5) is 17.5 Å². The Morgan fingerprint density at radius 3 is 2.38 bits per heavy atom. The van der Waals surface area contributed by atoms with E-state index in [1.807, 2.05) is 0 Å². The second-order valence-electron chi connectivity index (χ2n) is 3.55. The summed E-state index contributed by atoms with van der Waals surface area (Å²) in [5.41, 5.74) is 5.03. The molecule has 2 rings (SSSR count). The zero-order chi connectivity index (χ0) is 15.6. The molecule has 2 heterocycles. The SMILES string of the molecule is Nc1nc(O)c2c(n1)NCC(C(OP(=O)=O)OP(=O)=O)=N2. The highest BCUT2D eigenvalue weighted by Gasteiger charge is 2.27. The molecule has 0 aliphatic carbocycles. The highest BCUT2D eigenvalue weighted by atomic mass is 31.1. The van der Waals surface area contributed by atoms with Crippen molar-refractivity contribution >= 4 is 39.0 Å². The van der Waals surface area contributed by atoms with Gasteiger partial charge in [0.25, 0.3) is 0 Å². The number of aliphatic imine (C=N–C) groups is 1. The van der Waals surface area contributed by atoms with Gasteiger partial charge in [-0.2, -0.15) is 9.97 Å². The minimum Gasteiger partial charge on any atom is -0.492 e. The Balaban J connectivity index is 2.40. The van der Waals surface area contributed by atoms with Crippen LogP contribution in [-0.4, -0.2) is 33.6 Å². The van der Waals surface area contributed by atoms with Crippen LogP contribution in [0, 0.1) is 0 Å². The molecular weight excluding hydrogens is 328 g/mol. The van der Waals surface area contributed by atoms with Gasteiger partial charge in [0.1, 0.15) is 0 Å². The minimum absolute atomic E-state index is 0.0977. The molecule has 4 N–H and O–H groups in total. The third kappa shape index (κ3) is 3.70. The summed E-state index contributed by atoms with van der Waals surface area (Å²) in [5.74, 6) is -0.675. The molecule has 1 aliphatic rings. The van der Waals surface area contributed by atoms with Gasteiger partial charge in [-0.25, -0.2) is 32.3 Å². The van der Waals surface area contributed by atoms with Gasteiger partial charge in [0, 0.05) is 0 Å². The third-order valence-corrected chi connectivity index (χ3v) is 2.94. The maximum Gasteiger partial charge on any atom is 0.470 e. The van der Waals surface area contributed by atoms with E-state index < -0.39 is 28.0 Å². The summed E-state index contributed by atoms with van der Waals surface area (Å²) in [6.45, 7) is -0.139. The van der Waals surface area contributed by atoms with E-state index in [9.17, 15) is 23.4 Å². The van der Waals surface area contributed by atoms with Gasteiger partial charge in [0.05, 0.1) is 12.3 Å². The Bertz CT molecular complexity index is 703. The van der Waals surface area contributed by atoms with Crippen molar-refractivity contribution in [1.29, 1.82) is 0 Å². The normalized spacial score (nSPS) is 13.3. The topological polar surface area (TPSA) is 183 Å². The average molecular weight is 335 g/mol. The second-order valence-corrected chi connectivity index (χ2v) is 4.87. The molecule has 112 valence electrons. The predicted octanol–water partition coefficient (Wildman–Crippen LogP) is 0.797. The zero-order valence-electron chi connectivity index (χ0n) is 9.99. The lowest BCUT2D eigenvalue weighted by atomic mass is 10.3. The van der Waals surface area contributed by atoms with Crippen molar-refractivity contribution in [2.45, 2.75) is 6.29 Å². The van der Waals surface area contributed by atoms with Crippen LogP contribution in [0.15, 0.2) is 4.99 Å². The smallest absolute Gasteiger partial charge is 0.470 e. The van der Waals surface area contributed by atoms with E-state index in [1.165, 1.54) is 0 Å². The number of aromatic hydroxyl groups is 1. The Morgan fingerprint density at radius 2 is 1.81 bits per heavy atom. The summed E-state index contributed by atoms with van der Waals surface area (Å²) >= 11 is 0. The van der Waals surface area contributed by atoms with E-state index >= 15 is 0 Å². The molecule has 1 aromatic heterocycles. The molecule has 21 heavy (non-hydrogen) atoms. The molecule has 1 aliphatic heterocycles. The third-order valence-electron chi connectivity index (χ3n) is 2.21. The maximum absolute atomic E-state index is 10.6. The number of nitrogens with two attached hydrogens (primary N) is 1. The standard InChI is InChI=1S/C7H7N5O7P2/c8-7-11-4-3(5(13)12-7)10-2(1-9-4)6(18-20(14)15)19-21(16)17/h6H,1H2,(H4,8,9,11,12,13). The summed E-state index contributed by atoms with van der Waals surface area (Å²) in [6, 6.07) is 0. The summed E-state index contributed by atoms with van der Waals surface area (Å²) in [4.78, 5) is 11.0. The van der Waals surface area contributed by atoms with Gasteiger partial charge in [0.2, 0.25) is 18.1 Å². The van der Waals surface area contributed by atoms with Crippen LogP contribution in [0.25, 0.3) is 0 Å². The van der Waals surface area contributed by atoms with Crippen molar-refractivity contribution in [3.63, 3.8) is 0 Å². The minimum atomic E-state index is -3.39. The van der Waals surface area contributed by atoms with Gasteiger partial charge in [-0.15, -0.1) is 0 Å². The molecule has 0 saturated carbocycles. The van der Waals surface area contributed by atoms with E-state index in [0.29, 0.717) is 0 Å². The number of hydrogen-bond acceptors (Lipinski definition) is 12. The second kappa shape index (κ2) is 6.10. The van der Waals surface area contributed by atoms with Gasteiger partial charge < -0.3 is 16.2 Å². The zero-order valence-corrected chi connectivity index (χ0v) is 11.8. The number of fused-ring (bicyclic) bond motifs is 1. The molecule has 0 fully saturated rings. The van der Waals surface area contributed by atoms with Crippen molar-refractivity contribution in [2.75, 3.05) is 17.6 Å².